The maximum Gasteiger partial charge on any atom is 0.161 e. The van der Waals surface area contributed by atoms with Crippen molar-refractivity contribution in [2.75, 3.05) is 0 Å². The summed E-state index contributed by atoms with van der Waals surface area (Å²) >= 11 is 12.3. The van der Waals surface area contributed by atoms with Crippen molar-refractivity contribution in [1.82, 2.24) is 0 Å². The maximum absolute atomic E-state index is 11.5. The Kier molecular flexibility index (Phi) is 4.66. The van der Waals surface area contributed by atoms with Crippen molar-refractivity contribution in [3.8, 4) is 11.5 Å². The Morgan fingerprint density at radius 1 is 0.810 bits per heavy atom. The number of carbonyl (C=O) groups is 2. The molecule has 0 aromatic heterocycles. The molecule has 0 radical (unpaired) electrons. The van der Waals surface area contributed by atoms with Gasteiger partial charge in [-0.15, -0.1) is 0 Å². The van der Waals surface area contributed by atoms with E-state index in [9.17, 15) is 9.59 Å². The zero-order chi connectivity index (χ0) is 15.6. The smallest absolute Gasteiger partial charge is 0.161 e. The maximum atomic E-state index is 11.5. The minimum atomic E-state index is -0.158. The van der Waals surface area contributed by atoms with Gasteiger partial charge in [0, 0.05) is 11.1 Å². The number of benzene rings is 2. The summed E-state index contributed by atoms with van der Waals surface area (Å²) in [6.07, 6.45) is 0. The first kappa shape index (κ1) is 15.5. The molecular weight excluding hydrogens is 311 g/mol. The van der Waals surface area contributed by atoms with Crippen LogP contribution >= 0.6 is 23.2 Å². The molecule has 0 amide bonds. The molecule has 2 aromatic carbocycles. The Morgan fingerprint density at radius 3 is 1.52 bits per heavy atom. The lowest BCUT2D eigenvalue weighted by molar-refractivity contribution is 0.100. The summed E-state index contributed by atoms with van der Waals surface area (Å²) in [5.74, 6) is 0.307. The molecule has 0 saturated carbocycles. The van der Waals surface area contributed by atoms with E-state index in [0.717, 1.165) is 0 Å². The van der Waals surface area contributed by atoms with Crippen LogP contribution in [0, 0.1) is 0 Å². The van der Waals surface area contributed by atoms with Gasteiger partial charge in [0.1, 0.15) is 11.5 Å². The molecule has 0 unspecified atom stereocenters. The summed E-state index contributed by atoms with van der Waals surface area (Å²) in [6.45, 7) is 2.85. The molecule has 2 rings (SSSR count). The normalized spacial score (nSPS) is 10.3. The van der Waals surface area contributed by atoms with Crippen LogP contribution in [0.3, 0.4) is 0 Å². The highest BCUT2D eigenvalue weighted by Crippen LogP contribution is 2.36. The first-order valence-corrected chi connectivity index (χ1v) is 6.94. The second-order valence-corrected chi connectivity index (χ2v) is 5.21. The zero-order valence-electron chi connectivity index (χ0n) is 11.4. The van der Waals surface area contributed by atoms with E-state index in [1.54, 1.807) is 36.4 Å². The van der Waals surface area contributed by atoms with Crippen molar-refractivity contribution in [2.45, 2.75) is 13.8 Å². The average molecular weight is 323 g/mol. The second-order valence-electron chi connectivity index (χ2n) is 4.45. The fourth-order valence-electron chi connectivity index (χ4n) is 1.84. The number of ketones is 2. The van der Waals surface area contributed by atoms with Gasteiger partial charge in [-0.25, -0.2) is 0 Å². The third-order valence-corrected chi connectivity index (χ3v) is 3.68. The highest BCUT2D eigenvalue weighted by Gasteiger charge is 2.15. The van der Waals surface area contributed by atoms with E-state index in [-0.39, 0.29) is 21.6 Å². The van der Waals surface area contributed by atoms with Crippen molar-refractivity contribution >= 4 is 34.8 Å². The van der Waals surface area contributed by atoms with Crippen molar-refractivity contribution in [2.24, 2.45) is 0 Å². The molecule has 0 heterocycles. The molecule has 0 aliphatic heterocycles. The number of halogens is 2. The van der Waals surface area contributed by atoms with Crippen LogP contribution in [-0.2, 0) is 0 Å². The Morgan fingerprint density at radius 2 is 1.19 bits per heavy atom. The van der Waals surface area contributed by atoms with Gasteiger partial charge >= 0.3 is 0 Å². The quantitative estimate of drug-likeness (QED) is 0.727. The molecule has 0 fully saturated rings. The van der Waals surface area contributed by atoms with E-state index >= 15 is 0 Å². The number of carbonyl (C=O) groups excluding carboxylic acids is 2. The largest absolute Gasteiger partial charge is 0.454 e. The van der Waals surface area contributed by atoms with Crippen LogP contribution < -0.4 is 4.74 Å². The molecule has 0 aliphatic carbocycles. The molecule has 5 heteroatoms. The minimum absolute atomic E-state index is 0.158. The predicted octanol–water partition coefficient (Wildman–Crippen LogP) is 5.19. The molecule has 0 aliphatic rings. The molecule has 0 spiro atoms. The summed E-state index contributed by atoms with van der Waals surface area (Å²) < 4.78 is 5.65. The molecule has 0 saturated heterocycles. The van der Waals surface area contributed by atoms with Crippen molar-refractivity contribution in [3.63, 3.8) is 0 Å². The fourth-order valence-corrected chi connectivity index (χ4v) is 2.44. The highest BCUT2D eigenvalue weighted by molar-refractivity contribution is 6.36. The van der Waals surface area contributed by atoms with Gasteiger partial charge in [0.2, 0.25) is 0 Å². The Labute approximate surface area is 132 Å². The van der Waals surface area contributed by atoms with Crippen LogP contribution in [-0.4, -0.2) is 11.6 Å². The number of rotatable bonds is 4. The summed E-state index contributed by atoms with van der Waals surface area (Å²) in [4.78, 5) is 22.9. The molecule has 21 heavy (non-hydrogen) atoms. The van der Waals surface area contributed by atoms with Crippen LogP contribution in [0.25, 0.3) is 0 Å². The van der Waals surface area contributed by atoms with E-state index < -0.39 is 0 Å². The van der Waals surface area contributed by atoms with Gasteiger partial charge in [-0.3, -0.25) is 9.59 Å². The van der Waals surface area contributed by atoms with E-state index in [1.165, 1.54) is 13.8 Å². The monoisotopic (exact) mass is 322 g/mol. The fraction of sp³-hybridized carbons (Fsp3) is 0.125. The molecule has 0 atom stereocenters. The second kappa shape index (κ2) is 6.29. The third-order valence-electron chi connectivity index (χ3n) is 2.91. The molecule has 0 bridgehead atoms. The van der Waals surface area contributed by atoms with Crippen molar-refractivity contribution < 1.29 is 14.3 Å². The van der Waals surface area contributed by atoms with Crippen molar-refractivity contribution in [3.05, 3.63) is 57.6 Å². The van der Waals surface area contributed by atoms with Crippen LogP contribution in [0.2, 0.25) is 10.0 Å². The summed E-state index contributed by atoms with van der Waals surface area (Å²) in [5, 5.41) is 0.434. The number of Topliss-reactive ketones (excluding diaryl/α,β-unsaturated/α-hetero) is 2. The van der Waals surface area contributed by atoms with Gasteiger partial charge in [-0.2, -0.15) is 0 Å². The lowest BCUT2D eigenvalue weighted by Gasteiger charge is -2.12. The van der Waals surface area contributed by atoms with Gasteiger partial charge < -0.3 is 4.74 Å². The topological polar surface area (TPSA) is 43.4 Å². The zero-order valence-corrected chi connectivity index (χ0v) is 13.0. The molecular formula is C16H12Cl2O3. The van der Waals surface area contributed by atoms with Gasteiger partial charge in [0.05, 0.1) is 10.0 Å². The standard InChI is InChI=1S/C16H12Cl2O3/c1-9(19)11-5-3-7-13(15(11)17)21-14-8-4-6-12(10(2)20)16(14)18/h3-8H,1-2H3. The Bertz CT molecular complexity index is 662. The minimum Gasteiger partial charge on any atom is -0.454 e. The number of hydrogen-bond acceptors (Lipinski definition) is 3. The third kappa shape index (κ3) is 3.26. The lowest BCUT2D eigenvalue weighted by atomic mass is 10.1. The number of hydrogen-bond donors (Lipinski definition) is 0. The summed E-state index contributed by atoms with van der Waals surface area (Å²) in [7, 11) is 0. The highest BCUT2D eigenvalue weighted by atomic mass is 35.5. The first-order chi connectivity index (χ1) is 9.91. The predicted molar refractivity (Wildman–Crippen MR) is 83.0 cm³/mol. The van der Waals surface area contributed by atoms with Crippen LogP contribution in [0.4, 0.5) is 0 Å². The van der Waals surface area contributed by atoms with Gasteiger partial charge in [0.25, 0.3) is 0 Å². The molecule has 2 aromatic rings. The lowest BCUT2D eigenvalue weighted by Crippen LogP contribution is -1.98. The molecule has 3 nitrogen and oxygen atoms in total. The first-order valence-electron chi connectivity index (χ1n) is 6.18. The van der Waals surface area contributed by atoms with Crippen LogP contribution in [0.1, 0.15) is 34.6 Å². The summed E-state index contributed by atoms with van der Waals surface area (Å²) in [5.41, 5.74) is 0.737. The van der Waals surface area contributed by atoms with Crippen LogP contribution in [0.15, 0.2) is 36.4 Å². The molecule has 0 N–H and O–H groups in total. The number of ether oxygens (including phenoxy) is 1. The van der Waals surface area contributed by atoms with Gasteiger partial charge in [-0.1, -0.05) is 35.3 Å². The van der Waals surface area contributed by atoms with Gasteiger partial charge in [-0.05, 0) is 38.1 Å². The van der Waals surface area contributed by atoms with E-state index in [4.69, 9.17) is 27.9 Å². The van der Waals surface area contributed by atoms with Crippen LogP contribution in [0.5, 0.6) is 11.5 Å². The average Bonchev–Trinajstić information content (AvgIpc) is 2.42. The molecule has 108 valence electrons. The van der Waals surface area contributed by atoms with Crippen molar-refractivity contribution in [1.29, 1.82) is 0 Å². The SMILES string of the molecule is CC(=O)c1cccc(Oc2cccc(C(C)=O)c2Cl)c1Cl. The van der Waals surface area contributed by atoms with E-state index in [1.807, 2.05) is 0 Å². The van der Waals surface area contributed by atoms with Gasteiger partial charge in [0.15, 0.2) is 11.6 Å². The Hall–Kier alpha value is -1.84. The van der Waals surface area contributed by atoms with E-state index in [2.05, 4.69) is 0 Å². The Balaban J connectivity index is 2.44. The van der Waals surface area contributed by atoms with E-state index in [0.29, 0.717) is 22.6 Å². The summed E-state index contributed by atoms with van der Waals surface area (Å²) in [6, 6.07) is 9.83.